The number of nitrogens with two attached hydrogens (primary N) is 1. The van der Waals surface area contributed by atoms with Crippen LogP contribution in [0.4, 0.5) is 14.6 Å². The second-order valence-electron chi connectivity index (χ2n) is 6.10. The molecule has 1 unspecified atom stereocenters. The van der Waals surface area contributed by atoms with E-state index in [1.165, 1.54) is 22.9 Å². The highest BCUT2D eigenvalue weighted by Gasteiger charge is 2.19. The first-order valence-electron chi connectivity index (χ1n) is 8.30. The van der Waals surface area contributed by atoms with Crippen LogP contribution in [0, 0.1) is 11.6 Å². The topological polar surface area (TPSA) is 78.9 Å². The zero-order valence-electron chi connectivity index (χ0n) is 14.6. The minimum Gasteiger partial charge on any atom is -0.480 e. The SMILES string of the molecule is CC(Oc1cc2cc(F)c(Cl)cc2nc1N)c1ncc(F)cc1-n1cccn1. The van der Waals surface area contributed by atoms with Gasteiger partial charge in [0.15, 0.2) is 11.6 Å². The second kappa shape index (κ2) is 7.05. The van der Waals surface area contributed by atoms with Crippen molar-refractivity contribution in [3.63, 3.8) is 0 Å². The molecule has 0 fully saturated rings. The zero-order chi connectivity index (χ0) is 19.8. The molecule has 4 rings (SSSR count). The van der Waals surface area contributed by atoms with Crippen molar-refractivity contribution in [2.24, 2.45) is 0 Å². The maximum atomic E-state index is 13.8. The lowest BCUT2D eigenvalue weighted by molar-refractivity contribution is 0.222. The Bertz CT molecular complexity index is 1170. The van der Waals surface area contributed by atoms with Gasteiger partial charge in [0.25, 0.3) is 0 Å². The molecule has 0 aliphatic carbocycles. The van der Waals surface area contributed by atoms with E-state index in [-0.39, 0.29) is 16.6 Å². The maximum absolute atomic E-state index is 13.8. The number of nitrogens with zero attached hydrogens (tertiary/aromatic N) is 4. The highest BCUT2D eigenvalue weighted by Crippen LogP contribution is 2.32. The highest BCUT2D eigenvalue weighted by molar-refractivity contribution is 6.31. The van der Waals surface area contributed by atoms with Gasteiger partial charge in [-0.3, -0.25) is 4.98 Å². The van der Waals surface area contributed by atoms with Crippen LogP contribution < -0.4 is 10.5 Å². The van der Waals surface area contributed by atoms with E-state index in [0.717, 1.165) is 6.20 Å². The summed E-state index contributed by atoms with van der Waals surface area (Å²) in [5, 5.41) is 4.56. The lowest BCUT2D eigenvalue weighted by Crippen LogP contribution is -2.12. The summed E-state index contributed by atoms with van der Waals surface area (Å²) < 4.78 is 34.9. The molecule has 0 saturated carbocycles. The number of halogens is 3. The van der Waals surface area contributed by atoms with Crippen molar-refractivity contribution in [3.05, 3.63) is 71.3 Å². The van der Waals surface area contributed by atoms with Gasteiger partial charge in [0.05, 0.1) is 22.4 Å². The third-order valence-electron chi connectivity index (χ3n) is 4.15. The number of fused-ring (bicyclic) bond motifs is 1. The first kappa shape index (κ1) is 18.1. The van der Waals surface area contributed by atoms with Gasteiger partial charge in [0.1, 0.15) is 23.4 Å². The molecule has 142 valence electrons. The molecule has 0 saturated heterocycles. The van der Waals surface area contributed by atoms with Crippen LogP contribution >= 0.6 is 11.6 Å². The van der Waals surface area contributed by atoms with E-state index < -0.39 is 17.7 Å². The molecule has 0 bridgehead atoms. The predicted octanol–water partition coefficient (Wildman–Crippen LogP) is 4.47. The summed E-state index contributed by atoms with van der Waals surface area (Å²) in [6.45, 7) is 1.74. The molecule has 2 N–H and O–H groups in total. The van der Waals surface area contributed by atoms with Crippen molar-refractivity contribution in [3.8, 4) is 11.4 Å². The van der Waals surface area contributed by atoms with Crippen LogP contribution in [0.15, 0.2) is 48.9 Å². The fourth-order valence-electron chi connectivity index (χ4n) is 2.85. The van der Waals surface area contributed by atoms with E-state index in [2.05, 4.69) is 15.1 Å². The Morgan fingerprint density at radius 3 is 2.79 bits per heavy atom. The van der Waals surface area contributed by atoms with Crippen molar-refractivity contribution in [2.75, 3.05) is 5.73 Å². The molecular weight excluding hydrogens is 388 g/mol. The van der Waals surface area contributed by atoms with Gasteiger partial charge < -0.3 is 10.5 Å². The average molecular weight is 402 g/mol. The Balaban J connectivity index is 1.72. The predicted molar refractivity (Wildman–Crippen MR) is 101 cm³/mol. The van der Waals surface area contributed by atoms with Crippen molar-refractivity contribution in [2.45, 2.75) is 13.0 Å². The Hall–Kier alpha value is -3.26. The van der Waals surface area contributed by atoms with E-state index in [9.17, 15) is 8.78 Å². The van der Waals surface area contributed by atoms with E-state index in [1.54, 1.807) is 31.5 Å². The average Bonchev–Trinajstić information content (AvgIpc) is 3.18. The van der Waals surface area contributed by atoms with Crippen molar-refractivity contribution in [1.82, 2.24) is 19.7 Å². The summed E-state index contributed by atoms with van der Waals surface area (Å²) in [6.07, 6.45) is 3.73. The van der Waals surface area contributed by atoms with Gasteiger partial charge in [-0.05, 0) is 31.2 Å². The Labute approximate surface area is 163 Å². The van der Waals surface area contributed by atoms with Crippen LogP contribution in [0.25, 0.3) is 16.6 Å². The maximum Gasteiger partial charge on any atom is 0.166 e. The third-order valence-corrected chi connectivity index (χ3v) is 4.44. The Morgan fingerprint density at radius 2 is 2.04 bits per heavy atom. The monoisotopic (exact) mass is 401 g/mol. The van der Waals surface area contributed by atoms with E-state index in [4.69, 9.17) is 22.1 Å². The summed E-state index contributed by atoms with van der Waals surface area (Å²) >= 11 is 5.79. The lowest BCUT2D eigenvalue weighted by atomic mass is 10.2. The number of aromatic nitrogens is 4. The molecule has 1 atom stereocenters. The molecule has 0 radical (unpaired) electrons. The number of anilines is 1. The van der Waals surface area contributed by atoms with Gasteiger partial charge in [0, 0.05) is 23.8 Å². The number of nitrogen functional groups attached to an aromatic ring is 1. The van der Waals surface area contributed by atoms with Gasteiger partial charge in [-0.1, -0.05) is 11.6 Å². The van der Waals surface area contributed by atoms with Crippen LogP contribution in [0.2, 0.25) is 5.02 Å². The summed E-state index contributed by atoms with van der Waals surface area (Å²) in [5.74, 6) is -0.703. The number of hydrogen-bond donors (Lipinski definition) is 1. The molecular formula is C19H14ClF2N5O. The first-order valence-corrected chi connectivity index (χ1v) is 8.67. The standard InChI is InChI=1S/C19H14ClF2N5O/c1-10(18-16(7-12(21)9-24-18)27-4-2-3-25-27)28-17-6-11-5-14(22)13(20)8-15(11)26-19(17)23/h2-10H,1H3,(H2,23,26). The van der Waals surface area contributed by atoms with E-state index in [1.807, 2.05) is 0 Å². The van der Waals surface area contributed by atoms with Crippen molar-refractivity contribution in [1.29, 1.82) is 0 Å². The summed E-state index contributed by atoms with van der Waals surface area (Å²) in [6, 6.07) is 7.25. The van der Waals surface area contributed by atoms with Crippen LogP contribution in [0.1, 0.15) is 18.7 Å². The molecule has 28 heavy (non-hydrogen) atoms. The van der Waals surface area contributed by atoms with Crippen molar-refractivity contribution >= 4 is 28.3 Å². The third kappa shape index (κ3) is 3.34. The molecule has 6 nitrogen and oxygen atoms in total. The van der Waals surface area contributed by atoms with Crippen LogP contribution in [0.3, 0.4) is 0 Å². The van der Waals surface area contributed by atoms with Gasteiger partial charge in [-0.25, -0.2) is 18.4 Å². The fourth-order valence-corrected chi connectivity index (χ4v) is 3.01. The van der Waals surface area contributed by atoms with E-state index >= 15 is 0 Å². The molecule has 3 heterocycles. The van der Waals surface area contributed by atoms with Crippen LogP contribution in [-0.4, -0.2) is 19.7 Å². The lowest BCUT2D eigenvalue weighted by Gasteiger charge is -2.18. The summed E-state index contributed by atoms with van der Waals surface area (Å²) in [7, 11) is 0. The van der Waals surface area contributed by atoms with Gasteiger partial charge in [-0.2, -0.15) is 5.10 Å². The molecule has 1 aromatic carbocycles. The summed E-state index contributed by atoms with van der Waals surface area (Å²) in [5.41, 5.74) is 7.32. The van der Waals surface area contributed by atoms with Gasteiger partial charge in [0.2, 0.25) is 0 Å². The summed E-state index contributed by atoms with van der Waals surface area (Å²) in [4.78, 5) is 8.36. The number of pyridine rings is 2. The van der Waals surface area contributed by atoms with Crippen molar-refractivity contribution < 1.29 is 13.5 Å². The smallest absolute Gasteiger partial charge is 0.166 e. The fraction of sp³-hybridized carbons (Fsp3) is 0.105. The molecule has 0 spiro atoms. The number of rotatable bonds is 4. The molecule has 9 heteroatoms. The zero-order valence-corrected chi connectivity index (χ0v) is 15.4. The molecule has 4 aromatic rings. The number of benzene rings is 1. The van der Waals surface area contributed by atoms with Crippen LogP contribution in [0.5, 0.6) is 5.75 Å². The number of hydrogen-bond acceptors (Lipinski definition) is 5. The van der Waals surface area contributed by atoms with E-state index in [0.29, 0.717) is 22.3 Å². The molecule has 3 aromatic heterocycles. The van der Waals surface area contributed by atoms with Gasteiger partial charge >= 0.3 is 0 Å². The van der Waals surface area contributed by atoms with Gasteiger partial charge in [-0.15, -0.1) is 0 Å². The number of ether oxygens (including phenoxy) is 1. The second-order valence-corrected chi connectivity index (χ2v) is 6.51. The Morgan fingerprint density at radius 1 is 1.21 bits per heavy atom. The first-order chi connectivity index (χ1) is 13.4. The normalized spacial score (nSPS) is 12.3. The Kier molecular flexibility index (Phi) is 4.56. The molecule has 0 amide bonds. The largest absolute Gasteiger partial charge is 0.480 e. The minimum atomic E-state index is -0.613. The van der Waals surface area contributed by atoms with Crippen LogP contribution in [-0.2, 0) is 0 Å². The minimum absolute atomic E-state index is 0.0409. The molecule has 0 aliphatic heterocycles. The molecule has 0 aliphatic rings. The highest BCUT2D eigenvalue weighted by atomic mass is 35.5. The quantitative estimate of drug-likeness (QED) is 0.545.